The fraction of sp³-hybridized carbons (Fsp3) is 0.333. The molecule has 0 fully saturated rings. The molecule has 1 amide bonds. The Hall–Kier alpha value is -2.01. The van der Waals surface area contributed by atoms with E-state index in [-0.39, 0.29) is 6.54 Å². The lowest BCUT2D eigenvalue weighted by molar-refractivity contribution is 0.0523. The van der Waals surface area contributed by atoms with Gasteiger partial charge in [-0.2, -0.15) is 0 Å². The first-order valence-electron chi connectivity index (χ1n) is 6.44. The van der Waals surface area contributed by atoms with E-state index in [4.69, 9.17) is 27.5 Å². The van der Waals surface area contributed by atoms with E-state index < -0.39 is 11.7 Å². The third-order valence-corrected chi connectivity index (χ3v) is 2.68. The van der Waals surface area contributed by atoms with E-state index in [1.807, 2.05) is 6.07 Å². The van der Waals surface area contributed by atoms with Crippen molar-refractivity contribution in [2.45, 2.75) is 32.9 Å². The van der Waals surface area contributed by atoms with Crippen molar-refractivity contribution in [3.05, 3.63) is 40.5 Å². The van der Waals surface area contributed by atoms with Crippen LogP contribution < -0.4 is 11.1 Å². The van der Waals surface area contributed by atoms with Gasteiger partial charge in [-0.15, -0.1) is 0 Å². The first kappa shape index (κ1) is 17.0. The fourth-order valence-corrected chi connectivity index (χ4v) is 1.89. The SMILES string of the molecule is CC(C)(C)OC(=O)NCc1cc(Cl)cc(/C(C=N)=C/N)c1. The van der Waals surface area contributed by atoms with Crippen LogP contribution >= 0.6 is 11.6 Å². The standard InChI is InChI=1S/C15H20ClN3O2/c1-15(2,3)21-14(20)19-9-10-4-11(6-13(16)5-10)12(7-17)8-18/h4-8,17H,9,18H2,1-3H3,(H,19,20)/b12-8+,17-7?. The maximum absolute atomic E-state index is 11.6. The van der Waals surface area contributed by atoms with Crippen LogP contribution in [0, 0.1) is 5.41 Å². The summed E-state index contributed by atoms with van der Waals surface area (Å²) in [6.45, 7) is 5.67. The zero-order valence-corrected chi connectivity index (χ0v) is 13.1. The second-order valence-electron chi connectivity index (χ2n) is 5.47. The number of alkyl carbamates (subject to hydrolysis) is 1. The molecule has 0 bridgehead atoms. The van der Waals surface area contributed by atoms with Crippen LogP contribution in [0.5, 0.6) is 0 Å². The van der Waals surface area contributed by atoms with E-state index in [0.29, 0.717) is 10.6 Å². The van der Waals surface area contributed by atoms with Crippen molar-refractivity contribution in [1.82, 2.24) is 5.32 Å². The lowest BCUT2D eigenvalue weighted by Gasteiger charge is -2.19. The topological polar surface area (TPSA) is 88.2 Å². The molecule has 1 aromatic rings. The number of ether oxygens (including phenoxy) is 1. The number of allylic oxidation sites excluding steroid dienone is 1. The van der Waals surface area contributed by atoms with Gasteiger partial charge in [0.25, 0.3) is 0 Å². The first-order chi connectivity index (χ1) is 9.75. The Labute approximate surface area is 129 Å². The van der Waals surface area contributed by atoms with Crippen LogP contribution in [0.4, 0.5) is 4.79 Å². The predicted octanol–water partition coefficient (Wildman–Crippen LogP) is 3.31. The highest BCUT2D eigenvalue weighted by atomic mass is 35.5. The number of amides is 1. The van der Waals surface area contributed by atoms with Crippen molar-refractivity contribution >= 4 is 29.5 Å². The van der Waals surface area contributed by atoms with Gasteiger partial charge in [-0.25, -0.2) is 4.79 Å². The lowest BCUT2D eigenvalue weighted by Crippen LogP contribution is -2.32. The molecule has 0 aliphatic carbocycles. The third kappa shape index (κ3) is 5.87. The molecular formula is C15H20ClN3O2. The van der Waals surface area contributed by atoms with E-state index in [1.165, 1.54) is 6.20 Å². The van der Waals surface area contributed by atoms with E-state index in [0.717, 1.165) is 17.3 Å². The Balaban J connectivity index is 2.81. The van der Waals surface area contributed by atoms with Crippen molar-refractivity contribution in [2.75, 3.05) is 0 Å². The lowest BCUT2D eigenvalue weighted by atomic mass is 10.0. The number of benzene rings is 1. The summed E-state index contributed by atoms with van der Waals surface area (Å²) in [5, 5.41) is 10.5. The van der Waals surface area contributed by atoms with Crippen LogP contribution in [0.1, 0.15) is 31.9 Å². The zero-order valence-electron chi connectivity index (χ0n) is 12.4. The largest absolute Gasteiger partial charge is 0.444 e. The average molecular weight is 310 g/mol. The van der Waals surface area contributed by atoms with Crippen LogP contribution in [0.3, 0.4) is 0 Å². The number of nitrogens with two attached hydrogens (primary N) is 1. The van der Waals surface area contributed by atoms with Gasteiger partial charge in [0, 0.05) is 29.6 Å². The summed E-state index contributed by atoms with van der Waals surface area (Å²) in [6, 6.07) is 5.26. The number of carbonyl (C=O) groups is 1. The summed E-state index contributed by atoms with van der Waals surface area (Å²) in [5.41, 5.74) is 6.99. The fourth-order valence-electron chi connectivity index (χ4n) is 1.64. The van der Waals surface area contributed by atoms with Gasteiger partial charge >= 0.3 is 6.09 Å². The molecule has 5 nitrogen and oxygen atoms in total. The van der Waals surface area contributed by atoms with Crippen molar-refractivity contribution in [2.24, 2.45) is 5.73 Å². The number of rotatable bonds is 4. The summed E-state index contributed by atoms with van der Waals surface area (Å²) in [6.07, 6.45) is 1.99. The van der Waals surface area contributed by atoms with Gasteiger partial charge in [0.15, 0.2) is 0 Å². The van der Waals surface area contributed by atoms with Crippen molar-refractivity contribution in [3.63, 3.8) is 0 Å². The first-order valence-corrected chi connectivity index (χ1v) is 6.82. The molecule has 0 spiro atoms. The molecule has 0 aliphatic heterocycles. The van der Waals surface area contributed by atoms with E-state index in [9.17, 15) is 4.79 Å². The predicted molar refractivity (Wildman–Crippen MR) is 85.5 cm³/mol. The average Bonchev–Trinajstić information content (AvgIpc) is 2.35. The number of nitrogens with one attached hydrogen (secondary N) is 2. The number of carbonyl (C=O) groups excluding carboxylic acids is 1. The minimum atomic E-state index is -0.542. The summed E-state index contributed by atoms with van der Waals surface area (Å²) in [4.78, 5) is 11.6. The molecule has 0 saturated carbocycles. The van der Waals surface area contributed by atoms with Crippen LogP contribution in [0.2, 0.25) is 5.02 Å². The summed E-state index contributed by atoms with van der Waals surface area (Å²) < 4.78 is 5.16. The minimum absolute atomic E-state index is 0.276. The van der Waals surface area contributed by atoms with Crippen molar-refractivity contribution in [1.29, 1.82) is 5.41 Å². The molecule has 0 heterocycles. The van der Waals surface area contributed by atoms with Gasteiger partial charge in [-0.1, -0.05) is 11.6 Å². The second kappa shape index (κ2) is 7.13. The van der Waals surface area contributed by atoms with Crippen LogP contribution in [0.15, 0.2) is 24.4 Å². The Kier molecular flexibility index (Phi) is 5.79. The molecule has 21 heavy (non-hydrogen) atoms. The minimum Gasteiger partial charge on any atom is -0.444 e. The smallest absolute Gasteiger partial charge is 0.407 e. The molecule has 1 aromatic carbocycles. The number of hydrogen-bond acceptors (Lipinski definition) is 4. The monoisotopic (exact) mass is 309 g/mol. The van der Waals surface area contributed by atoms with Gasteiger partial charge in [0.2, 0.25) is 0 Å². The molecule has 1 rings (SSSR count). The third-order valence-electron chi connectivity index (χ3n) is 2.46. The maximum atomic E-state index is 11.6. The molecule has 0 radical (unpaired) electrons. The van der Waals surface area contributed by atoms with Gasteiger partial charge in [0.1, 0.15) is 5.60 Å². The van der Waals surface area contributed by atoms with Gasteiger partial charge < -0.3 is 21.2 Å². The number of halogens is 1. The normalized spacial score (nSPS) is 11.9. The van der Waals surface area contributed by atoms with Crippen LogP contribution in [0.25, 0.3) is 5.57 Å². The number of hydrogen-bond donors (Lipinski definition) is 3. The quantitative estimate of drug-likeness (QED) is 0.745. The molecule has 0 unspecified atom stereocenters. The van der Waals surface area contributed by atoms with Gasteiger partial charge in [-0.3, -0.25) is 0 Å². The van der Waals surface area contributed by atoms with E-state index in [1.54, 1.807) is 32.9 Å². The molecular weight excluding hydrogens is 290 g/mol. The highest BCUT2D eigenvalue weighted by Gasteiger charge is 2.15. The van der Waals surface area contributed by atoms with Crippen molar-refractivity contribution < 1.29 is 9.53 Å². The Morgan fingerprint density at radius 2 is 2.10 bits per heavy atom. The molecule has 0 atom stereocenters. The molecule has 0 aromatic heterocycles. The Morgan fingerprint density at radius 1 is 1.43 bits per heavy atom. The van der Waals surface area contributed by atoms with Crippen molar-refractivity contribution in [3.8, 4) is 0 Å². The highest BCUT2D eigenvalue weighted by molar-refractivity contribution is 6.31. The molecule has 114 valence electrons. The summed E-state index contributed by atoms with van der Waals surface area (Å²) >= 11 is 6.04. The molecule has 6 heteroatoms. The van der Waals surface area contributed by atoms with Gasteiger partial charge in [-0.05, 0) is 50.1 Å². The summed E-state index contributed by atoms with van der Waals surface area (Å²) in [5.74, 6) is 0. The van der Waals surface area contributed by atoms with E-state index in [2.05, 4.69) is 5.32 Å². The second-order valence-corrected chi connectivity index (χ2v) is 5.91. The zero-order chi connectivity index (χ0) is 16.0. The molecule has 0 aliphatic rings. The Bertz CT molecular complexity index is 563. The van der Waals surface area contributed by atoms with Gasteiger partial charge in [0.05, 0.1) is 0 Å². The maximum Gasteiger partial charge on any atom is 0.407 e. The van der Waals surface area contributed by atoms with Crippen LogP contribution in [-0.4, -0.2) is 17.9 Å². The van der Waals surface area contributed by atoms with Crippen LogP contribution in [-0.2, 0) is 11.3 Å². The van der Waals surface area contributed by atoms with E-state index >= 15 is 0 Å². The summed E-state index contributed by atoms with van der Waals surface area (Å²) in [7, 11) is 0. The molecule has 4 N–H and O–H groups in total. The molecule has 0 saturated heterocycles. The Morgan fingerprint density at radius 3 is 2.62 bits per heavy atom. The highest BCUT2D eigenvalue weighted by Crippen LogP contribution is 2.20.